The summed E-state index contributed by atoms with van der Waals surface area (Å²) in [4.78, 5) is 27.0. The lowest BCUT2D eigenvalue weighted by Gasteiger charge is -2.03. The van der Waals surface area contributed by atoms with Crippen molar-refractivity contribution in [2.75, 3.05) is 11.9 Å². The predicted molar refractivity (Wildman–Crippen MR) is 68.8 cm³/mol. The van der Waals surface area contributed by atoms with Crippen molar-refractivity contribution in [1.82, 2.24) is 20.0 Å². The molecule has 8 nitrogen and oxygen atoms in total. The number of hydrogen-bond donors (Lipinski definition) is 1. The number of anilines is 1. The van der Waals surface area contributed by atoms with E-state index in [2.05, 4.69) is 20.6 Å². The zero-order valence-electron chi connectivity index (χ0n) is 10.8. The molecule has 0 radical (unpaired) electrons. The molecule has 104 valence electrons. The van der Waals surface area contributed by atoms with E-state index >= 15 is 0 Å². The van der Waals surface area contributed by atoms with Gasteiger partial charge in [0.2, 0.25) is 5.91 Å². The molecule has 2 heterocycles. The van der Waals surface area contributed by atoms with Crippen LogP contribution in [0.25, 0.3) is 0 Å². The van der Waals surface area contributed by atoms with Crippen LogP contribution < -0.4 is 5.32 Å². The van der Waals surface area contributed by atoms with Gasteiger partial charge in [0.05, 0.1) is 24.7 Å². The van der Waals surface area contributed by atoms with Crippen molar-refractivity contribution < 1.29 is 14.3 Å². The fourth-order valence-corrected chi connectivity index (χ4v) is 1.46. The predicted octanol–water partition coefficient (Wildman–Crippen LogP) is 0.488. The van der Waals surface area contributed by atoms with Crippen LogP contribution in [0.4, 0.5) is 5.69 Å². The van der Waals surface area contributed by atoms with Crippen molar-refractivity contribution in [3.63, 3.8) is 0 Å². The highest BCUT2D eigenvalue weighted by molar-refractivity contribution is 5.90. The number of carbonyl (C=O) groups is 2. The minimum absolute atomic E-state index is 0.0543. The lowest BCUT2D eigenvalue weighted by Crippen LogP contribution is -2.19. The molecule has 1 N–H and O–H groups in total. The fraction of sp³-hybridized carbons (Fsp3) is 0.250. The monoisotopic (exact) mass is 275 g/mol. The highest BCUT2D eigenvalue weighted by Gasteiger charge is 2.13. The number of aromatic nitrogens is 4. The second-order valence-electron chi connectivity index (χ2n) is 3.81. The lowest BCUT2D eigenvalue weighted by molar-refractivity contribution is -0.116. The average molecular weight is 275 g/mol. The molecular weight excluding hydrogens is 262 g/mol. The molecule has 0 aromatic carbocycles. The molecule has 0 bridgehead atoms. The molecule has 0 atom stereocenters. The number of hydrogen-bond acceptors (Lipinski definition) is 6. The number of amides is 1. The second-order valence-corrected chi connectivity index (χ2v) is 3.81. The Balaban J connectivity index is 1.93. The van der Waals surface area contributed by atoms with Gasteiger partial charge in [0.15, 0.2) is 5.69 Å². The first-order valence-electron chi connectivity index (χ1n) is 5.96. The van der Waals surface area contributed by atoms with Crippen molar-refractivity contribution in [3.05, 3.63) is 36.4 Å². The van der Waals surface area contributed by atoms with Gasteiger partial charge >= 0.3 is 5.97 Å². The Morgan fingerprint density at radius 2 is 2.30 bits per heavy atom. The van der Waals surface area contributed by atoms with E-state index in [4.69, 9.17) is 4.74 Å². The van der Waals surface area contributed by atoms with E-state index in [1.807, 2.05) is 0 Å². The second kappa shape index (κ2) is 6.41. The third kappa shape index (κ3) is 3.61. The van der Waals surface area contributed by atoms with E-state index in [-0.39, 0.29) is 24.8 Å². The van der Waals surface area contributed by atoms with Crippen molar-refractivity contribution >= 4 is 17.6 Å². The summed E-state index contributed by atoms with van der Waals surface area (Å²) in [6.45, 7) is 1.90. The van der Waals surface area contributed by atoms with Gasteiger partial charge in [-0.2, -0.15) is 0 Å². The van der Waals surface area contributed by atoms with Gasteiger partial charge < -0.3 is 10.1 Å². The van der Waals surface area contributed by atoms with Gasteiger partial charge in [0, 0.05) is 6.20 Å². The molecule has 2 aromatic heterocycles. The van der Waals surface area contributed by atoms with E-state index in [0.717, 1.165) is 0 Å². The molecule has 0 spiro atoms. The molecule has 0 saturated carbocycles. The van der Waals surface area contributed by atoms with E-state index in [1.54, 1.807) is 25.3 Å². The van der Waals surface area contributed by atoms with Gasteiger partial charge in [0.25, 0.3) is 0 Å². The number of esters is 1. The molecule has 0 saturated heterocycles. The SMILES string of the molecule is CCOC(=O)c1cn(CC(=O)Nc2cccnc2)nn1. The Hall–Kier alpha value is -2.77. The molecule has 0 aliphatic carbocycles. The summed E-state index contributed by atoms with van der Waals surface area (Å²) in [5.74, 6) is -0.857. The Bertz CT molecular complexity index is 596. The summed E-state index contributed by atoms with van der Waals surface area (Å²) in [5.41, 5.74) is 0.657. The zero-order chi connectivity index (χ0) is 14.4. The molecular formula is C12H13N5O3. The van der Waals surface area contributed by atoms with E-state index in [9.17, 15) is 9.59 Å². The Kier molecular flexibility index (Phi) is 4.38. The number of carbonyl (C=O) groups excluding carboxylic acids is 2. The highest BCUT2D eigenvalue weighted by Crippen LogP contribution is 2.03. The Morgan fingerprint density at radius 3 is 3.00 bits per heavy atom. The van der Waals surface area contributed by atoms with Crippen LogP contribution in [0.1, 0.15) is 17.4 Å². The smallest absolute Gasteiger partial charge is 0.360 e. The van der Waals surface area contributed by atoms with Gasteiger partial charge in [-0.3, -0.25) is 9.78 Å². The molecule has 20 heavy (non-hydrogen) atoms. The zero-order valence-corrected chi connectivity index (χ0v) is 10.8. The third-order valence-electron chi connectivity index (χ3n) is 2.27. The number of pyridine rings is 1. The number of ether oxygens (including phenoxy) is 1. The van der Waals surface area contributed by atoms with Gasteiger partial charge in [-0.05, 0) is 19.1 Å². The Morgan fingerprint density at radius 1 is 1.45 bits per heavy atom. The molecule has 8 heteroatoms. The van der Waals surface area contributed by atoms with Crippen LogP contribution in [-0.2, 0) is 16.1 Å². The molecule has 0 unspecified atom stereocenters. The third-order valence-corrected chi connectivity index (χ3v) is 2.27. The van der Waals surface area contributed by atoms with Crippen LogP contribution in [0.2, 0.25) is 0 Å². The summed E-state index contributed by atoms with van der Waals surface area (Å²) >= 11 is 0. The van der Waals surface area contributed by atoms with Gasteiger partial charge in [0.1, 0.15) is 6.54 Å². The number of rotatable bonds is 5. The summed E-state index contributed by atoms with van der Waals surface area (Å²) < 4.78 is 6.04. The van der Waals surface area contributed by atoms with Gasteiger partial charge in [-0.1, -0.05) is 5.21 Å². The molecule has 0 fully saturated rings. The van der Waals surface area contributed by atoms with E-state index in [1.165, 1.54) is 17.1 Å². The average Bonchev–Trinajstić information content (AvgIpc) is 2.88. The first kappa shape index (κ1) is 13.7. The van der Waals surface area contributed by atoms with Crippen LogP contribution >= 0.6 is 0 Å². The maximum atomic E-state index is 11.7. The molecule has 1 amide bonds. The van der Waals surface area contributed by atoms with Gasteiger partial charge in [-0.25, -0.2) is 9.48 Å². The summed E-state index contributed by atoms with van der Waals surface area (Å²) in [6, 6.07) is 3.43. The van der Waals surface area contributed by atoms with Crippen LogP contribution in [0.5, 0.6) is 0 Å². The van der Waals surface area contributed by atoms with Crippen molar-refractivity contribution in [2.24, 2.45) is 0 Å². The maximum Gasteiger partial charge on any atom is 0.360 e. The first-order chi connectivity index (χ1) is 9.69. The van der Waals surface area contributed by atoms with E-state index in [0.29, 0.717) is 5.69 Å². The van der Waals surface area contributed by atoms with Gasteiger partial charge in [-0.15, -0.1) is 5.10 Å². The largest absolute Gasteiger partial charge is 0.461 e. The summed E-state index contributed by atoms with van der Waals surface area (Å²) in [5, 5.41) is 9.98. The molecule has 2 rings (SSSR count). The quantitative estimate of drug-likeness (QED) is 0.797. The van der Waals surface area contributed by atoms with Crippen LogP contribution in [0.15, 0.2) is 30.7 Å². The van der Waals surface area contributed by atoms with Crippen LogP contribution in [0.3, 0.4) is 0 Å². The topological polar surface area (TPSA) is 99.0 Å². The fourth-order valence-electron chi connectivity index (χ4n) is 1.46. The molecule has 0 aliphatic heterocycles. The minimum Gasteiger partial charge on any atom is -0.461 e. The molecule has 0 aliphatic rings. The van der Waals surface area contributed by atoms with Crippen LogP contribution in [-0.4, -0.2) is 38.5 Å². The summed E-state index contributed by atoms with van der Waals surface area (Å²) in [7, 11) is 0. The highest BCUT2D eigenvalue weighted by atomic mass is 16.5. The van der Waals surface area contributed by atoms with Crippen molar-refractivity contribution in [2.45, 2.75) is 13.5 Å². The standard InChI is InChI=1S/C12H13N5O3/c1-2-20-12(19)10-7-17(16-15-10)8-11(18)14-9-4-3-5-13-6-9/h3-7H,2,8H2,1H3,(H,14,18). The molecule has 2 aromatic rings. The Labute approximate surface area is 114 Å². The first-order valence-corrected chi connectivity index (χ1v) is 5.96. The number of nitrogens with zero attached hydrogens (tertiary/aromatic N) is 4. The summed E-state index contributed by atoms with van der Waals surface area (Å²) in [6.07, 6.45) is 4.50. The normalized spacial score (nSPS) is 10.1. The lowest BCUT2D eigenvalue weighted by atomic mass is 10.4. The number of nitrogens with one attached hydrogen (secondary N) is 1. The van der Waals surface area contributed by atoms with Crippen molar-refractivity contribution in [1.29, 1.82) is 0 Å². The van der Waals surface area contributed by atoms with Crippen molar-refractivity contribution in [3.8, 4) is 0 Å². The van der Waals surface area contributed by atoms with Crippen LogP contribution in [0, 0.1) is 0 Å². The minimum atomic E-state index is -0.564. The maximum absolute atomic E-state index is 11.7. The van der Waals surface area contributed by atoms with E-state index < -0.39 is 5.97 Å².